The summed E-state index contributed by atoms with van der Waals surface area (Å²) in [7, 11) is 5.34. The van der Waals surface area contributed by atoms with Crippen LogP contribution in [-0.4, -0.2) is 32.3 Å². The van der Waals surface area contributed by atoms with Crippen molar-refractivity contribution in [3.05, 3.63) is 0 Å². The van der Waals surface area contributed by atoms with Gasteiger partial charge in [-0.05, 0) is 25.7 Å². The van der Waals surface area contributed by atoms with E-state index in [0.29, 0.717) is 12.6 Å². The summed E-state index contributed by atoms with van der Waals surface area (Å²) in [6.07, 6.45) is 2.90. The average Bonchev–Trinajstić information content (AvgIpc) is 2.15. The molecule has 0 aliphatic carbocycles. The quantitative estimate of drug-likeness (QED) is 0.442. The number of hydrogen-bond donors (Lipinski definition) is 2. The van der Waals surface area contributed by atoms with E-state index in [0.717, 1.165) is 19.3 Å². The van der Waals surface area contributed by atoms with Gasteiger partial charge in [-0.15, -0.1) is 0 Å². The number of nitrogens with two attached hydrogens (primary N) is 1. The Labute approximate surface area is 88.2 Å². The lowest BCUT2D eigenvalue weighted by atomic mass is 9.93. The van der Waals surface area contributed by atoms with Crippen LogP contribution >= 0.6 is 0 Å². The van der Waals surface area contributed by atoms with E-state index in [1.54, 1.807) is 0 Å². The fourth-order valence-electron chi connectivity index (χ4n) is 1.37. The largest absolute Gasteiger partial charge is 0.330 e. The van der Waals surface area contributed by atoms with Gasteiger partial charge in [0.15, 0.2) is 0 Å². The molecule has 0 fully saturated rings. The molecule has 0 rings (SSSR count). The third-order valence-corrected chi connectivity index (χ3v) is 2.07. The molecule has 3 nitrogen and oxygen atoms in total. The summed E-state index contributed by atoms with van der Waals surface area (Å²) in [6, 6.07) is 0.222. The molecular formula is C10H21BN2O. The van der Waals surface area contributed by atoms with Gasteiger partial charge in [-0.2, -0.15) is 0 Å². The van der Waals surface area contributed by atoms with E-state index in [1.807, 2.05) is 13.8 Å². The molecule has 0 saturated carbocycles. The standard InChI is InChI=1S/C10H21BN2O/c1-8(2)13-9(10(14)7-11)5-3-4-6-12/h8-9,13H,3-7,12H2,1-2H3/t9-/m0/s1. The van der Waals surface area contributed by atoms with Crippen molar-refractivity contribution in [2.24, 2.45) is 5.73 Å². The highest BCUT2D eigenvalue weighted by Crippen LogP contribution is 2.04. The first-order valence-electron chi connectivity index (χ1n) is 5.30. The van der Waals surface area contributed by atoms with Gasteiger partial charge < -0.3 is 11.1 Å². The molecule has 14 heavy (non-hydrogen) atoms. The van der Waals surface area contributed by atoms with Crippen molar-refractivity contribution >= 4 is 13.6 Å². The molecule has 0 bridgehead atoms. The van der Waals surface area contributed by atoms with Crippen molar-refractivity contribution in [2.45, 2.75) is 51.5 Å². The minimum atomic E-state index is -0.0912. The minimum absolute atomic E-state index is 0.0912. The highest BCUT2D eigenvalue weighted by Gasteiger charge is 2.15. The van der Waals surface area contributed by atoms with Crippen LogP contribution in [0.1, 0.15) is 33.1 Å². The van der Waals surface area contributed by atoms with E-state index in [4.69, 9.17) is 13.6 Å². The highest BCUT2D eigenvalue weighted by atomic mass is 16.1. The molecular weight excluding hydrogens is 175 g/mol. The van der Waals surface area contributed by atoms with Crippen LogP contribution in [0.3, 0.4) is 0 Å². The van der Waals surface area contributed by atoms with Gasteiger partial charge in [0.1, 0.15) is 5.78 Å². The molecule has 0 amide bonds. The fraction of sp³-hybridized carbons (Fsp3) is 0.900. The second-order valence-corrected chi connectivity index (χ2v) is 3.83. The minimum Gasteiger partial charge on any atom is -0.330 e. The normalized spacial score (nSPS) is 13.1. The zero-order valence-electron chi connectivity index (χ0n) is 9.25. The van der Waals surface area contributed by atoms with Crippen LogP contribution in [0, 0.1) is 0 Å². The van der Waals surface area contributed by atoms with Gasteiger partial charge in [-0.25, -0.2) is 0 Å². The monoisotopic (exact) mass is 196 g/mol. The third-order valence-electron chi connectivity index (χ3n) is 2.07. The molecule has 0 aliphatic rings. The maximum Gasteiger partial charge on any atom is 0.141 e. The van der Waals surface area contributed by atoms with E-state index in [9.17, 15) is 4.79 Å². The molecule has 2 radical (unpaired) electrons. The lowest BCUT2D eigenvalue weighted by Crippen LogP contribution is -2.40. The average molecular weight is 196 g/mol. The zero-order valence-corrected chi connectivity index (χ0v) is 9.25. The van der Waals surface area contributed by atoms with E-state index in [2.05, 4.69) is 5.32 Å². The Morgan fingerprint density at radius 2 is 2.07 bits per heavy atom. The molecule has 1 atom stereocenters. The van der Waals surface area contributed by atoms with Gasteiger partial charge >= 0.3 is 0 Å². The van der Waals surface area contributed by atoms with Crippen molar-refractivity contribution in [1.82, 2.24) is 5.32 Å². The van der Waals surface area contributed by atoms with Crippen molar-refractivity contribution in [3.8, 4) is 0 Å². The second-order valence-electron chi connectivity index (χ2n) is 3.83. The topological polar surface area (TPSA) is 55.1 Å². The number of ketones is 1. The summed E-state index contributed by atoms with van der Waals surface area (Å²) < 4.78 is 0. The highest BCUT2D eigenvalue weighted by molar-refractivity contribution is 6.21. The maximum atomic E-state index is 11.4. The molecule has 0 unspecified atom stereocenters. The first-order valence-corrected chi connectivity index (χ1v) is 5.30. The second kappa shape index (κ2) is 8.00. The van der Waals surface area contributed by atoms with Crippen LogP contribution < -0.4 is 11.1 Å². The summed E-state index contributed by atoms with van der Waals surface area (Å²) in [6.45, 7) is 4.74. The van der Waals surface area contributed by atoms with Crippen LogP contribution in [0.25, 0.3) is 0 Å². The van der Waals surface area contributed by atoms with Gasteiger partial charge in [0, 0.05) is 6.04 Å². The molecule has 80 valence electrons. The van der Waals surface area contributed by atoms with Crippen molar-refractivity contribution < 1.29 is 4.79 Å². The van der Waals surface area contributed by atoms with Gasteiger partial charge in [-0.3, -0.25) is 4.79 Å². The van der Waals surface area contributed by atoms with Crippen LogP contribution in [0.4, 0.5) is 0 Å². The van der Waals surface area contributed by atoms with Crippen LogP contribution in [0.5, 0.6) is 0 Å². The Morgan fingerprint density at radius 3 is 2.50 bits per heavy atom. The summed E-state index contributed by atoms with van der Waals surface area (Å²) in [4.78, 5) is 11.4. The summed E-state index contributed by atoms with van der Waals surface area (Å²) in [5.41, 5.74) is 5.39. The predicted octanol–water partition coefficient (Wildman–Crippen LogP) is 0.638. The Balaban J connectivity index is 3.91. The molecule has 0 aliphatic heterocycles. The number of unbranched alkanes of at least 4 members (excludes halogenated alkanes) is 1. The van der Waals surface area contributed by atoms with E-state index in [1.165, 1.54) is 0 Å². The summed E-state index contributed by atoms with van der Waals surface area (Å²) in [5, 5.41) is 3.22. The number of carbonyl (C=O) groups is 1. The number of rotatable bonds is 8. The Bertz CT molecular complexity index is 162. The smallest absolute Gasteiger partial charge is 0.141 e. The van der Waals surface area contributed by atoms with Crippen LogP contribution in [-0.2, 0) is 4.79 Å². The van der Waals surface area contributed by atoms with Crippen LogP contribution in [0.15, 0.2) is 0 Å². The molecule has 0 spiro atoms. The molecule has 0 heterocycles. The molecule has 4 heteroatoms. The maximum absolute atomic E-state index is 11.4. The molecule has 0 aromatic rings. The van der Waals surface area contributed by atoms with Crippen LogP contribution in [0.2, 0.25) is 6.32 Å². The van der Waals surface area contributed by atoms with Crippen molar-refractivity contribution in [1.29, 1.82) is 0 Å². The van der Waals surface area contributed by atoms with E-state index >= 15 is 0 Å². The lowest BCUT2D eigenvalue weighted by molar-refractivity contribution is -0.119. The third kappa shape index (κ3) is 6.16. The summed E-state index contributed by atoms with van der Waals surface area (Å²) in [5.74, 6) is 0.0933. The first-order chi connectivity index (χ1) is 6.61. The van der Waals surface area contributed by atoms with E-state index in [-0.39, 0.29) is 18.1 Å². The fourth-order valence-corrected chi connectivity index (χ4v) is 1.37. The van der Waals surface area contributed by atoms with Gasteiger partial charge in [0.25, 0.3) is 0 Å². The number of carbonyl (C=O) groups excluding carboxylic acids is 1. The Morgan fingerprint density at radius 1 is 1.43 bits per heavy atom. The Kier molecular flexibility index (Phi) is 7.81. The number of nitrogens with one attached hydrogen (secondary N) is 1. The number of Topliss-reactive ketones (excluding diaryl/α,β-unsaturated/α-hetero) is 1. The van der Waals surface area contributed by atoms with Gasteiger partial charge in [0.2, 0.25) is 0 Å². The van der Waals surface area contributed by atoms with Gasteiger partial charge in [-0.1, -0.05) is 20.3 Å². The molecule has 3 N–H and O–H groups in total. The van der Waals surface area contributed by atoms with Crippen molar-refractivity contribution in [2.75, 3.05) is 6.54 Å². The SMILES string of the molecule is [B]CC(=O)[C@H](CCCCN)NC(C)C. The summed E-state index contributed by atoms with van der Waals surface area (Å²) >= 11 is 0. The first kappa shape index (κ1) is 13.7. The molecule has 0 aromatic carbocycles. The molecule has 0 aromatic heterocycles. The number of hydrogen-bond acceptors (Lipinski definition) is 3. The zero-order chi connectivity index (χ0) is 11.0. The van der Waals surface area contributed by atoms with E-state index < -0.39 is 0 Å². The van der Waals surface area contributed by atoms with Gasteiger partial charge in [0.05, 0.1) is 13.9 Å². The predicted molar refractivity (Wildman–Crippen MR) is 60.5 cm³/mol. The Hall–Kier alpha value is -0.345. The van der Waals surface area contributed by atoms with Crippen molar-refractivity contribution in [3.63, 3.8) is 0 Å². The molecule has 0 saturated heterocycles. The lowest BCUT2D eigenvalue weighted by Gasteiger charge is -2.19.